The van der Waals surface area contributed by atoms with Crippen LogP contribution in [0.1, 0.15) is 15.9 Å². The summed E-state index contributed by atoms with van der Waals surface area (Å²) in [5, 5.41) is 9.94. The van der Waals surface area contributed by atoms with Crippen molar-refractivity contribution in [2.24, 2.45) is 0 Å². The molecule has 0 amide bonds. The summed E-state index contributed by atoms with van der Waals surface area (Å²) >= 11 is 0. The maximum atomic E-state index is 10.9. The van der Waals surface area contributed by atoms with Crippen molar-refractivity contribution < 1.29 is 9.90 Å². The molecule has 4 nitrogen and oxygen atoms in total. The molecule has 0 aliphatic carbocycles. The zero-order chi connectivity index (χ0) is 13.9. The van der Waals surface area contributed by atoms with Crippen LogP contribution in [0.15, 0.2) is 55.0 Å². The molecule has 20 heavy (non-hydrogen) atoms. The van der Waals surface area contributed by atoms with E-state index in [0.29, 0.717) is 5.56 Å². The highest BCUT2D eigenvalue weighted by Gasteiger charge is 2.06. The first-order valence-corrected chi connectivity index (χ1v) is 6.45. The third-order valence-corrected chi connectivity index (χ3v) is 3.38. The number of rotatable bonds is 4. The van der Waals surface area contributed by atoms with Crippen molar-refractivity contribution in [3.63, 3.8) is 0 Å². The second-order valence-electron chi connectivity index (χ2n) is 4.70. The smallest absolute Gasteiger partial charge is 0.335 e. The normalized spacial score (nSPS) is 10.8. The molecule has 0 fully saturated rings. The number of hydrogen-bond acceptors (Lipinski definition) is 2. The predicted molar refractivity (Wildman–Crippen MR) is 76.8 cm³/mol. The maximum absolute atomic E-state index is 10.9. The van der Waals surface area contributed by atoms with E-state index in [1.54, 1.807) is 18.3 Å². The molecule has 1 aromatic carbocycles. The summed E-state index contributed by atoms with van der Waals surface area (Å²) in [5.74, 6) is -0.894. The number of carboxylic acids is 1. The molecule has 0 aliphatic rings. The summed E-state index contributed by atoms with van der Waals surface area (Å²) in [7, 11) is 0. The summed E-state index contributed by atoms with van der Waals surface area (Å²) < 4.78 is 2.13. The minimum Gasteiger partial charge on any atom is -0.478 e. The molecular weight excluding hydrogens is 252 g/mol. The summed E-state index contributed by atoms with van der Waals surface area (Å²) in [5.41, 5.74) is 2.57. The van der Waals surface area contributed by atoms with Crippen molar-refractivity contribution in [3.8, 4) is 0 Å². The fourth-order valence-electron chi connectivity index (χ4n) is 2.32. The average molecular weight is 266 g/mol. The molecule has 0 aliphatic heterocycles. The summed E-state index contributed by atoms with van der Waals surface area (Å²) in [6.45, 7) is 0.849. The Morgan fingerprint density at radius 3 is 2.90 bits per heavy atom. The lowest BCUT2D eigenvalue weighted by Crippen LogP contribution is -2.00. The number of fused-ring (bicyclic) bond motifs is 1. The van der Waals surface area contributed by atoms with Gasteiger partial charge in [0.1, 0.15) is 0 Å². The van der Waals surface area contributed by atoms with Crippen molar-refractivity contribution in [1.29, 1.82) is 0 Å². The number of benzene rings is 1. The maximum Gasteiger partial charge on any atom is 0.335 e. The van der Waals surface area contributed by atoms with E-state index in [9.17, 15) is 4.79 Å². The molecule has 2 aromatic heterocycles. The molecule has 0 bridgehead atoms. The van der Waals surface area contributed by atoms with Gasteiger partial charge in [0.05, 0.1) is 5.56 Å². The lowest BCUT2D eigenvalue weighted by atomic mass is 10.1. The van der Waals surface area contributed by atoms with Gasteiger partial charge in [0.2, 0.25) is 0 Å². The van der Waals surface area contributed by atoms with Crippen LogP contribution in [-0.2, 0) is 13.0 Å². The summed E-state index contributed by atoms with van der Waals surface area (Å²) in [6.07, 6.45) is 6.53. The van der Waals surface area contributed by atoms with Crippen LogP contribution < -0.4 is 0 Å². The van der Waals surface area contributed by atoms with Crippen LogP contribution in [0.4, 0.5) is 0 Å². The van der Waals surface area contributed by atoms with Gasteiger partial charge in [-0.05, 0) is 42.3 Å². The Balaban J connectivity index is 1.84. The van der Waals surface area contributed by atoms with Gasteiger partial charge in [-0.25, -0.2) is 4.79 Å². The SMILES string of the molecule is O=C(O)c1ccc2c(ccn2CCc2cccnc2)c1. The van der Waals surface area contributed by atoms with Crippen LogP contribution in [0.2, 0.25) is 0 Å². The number of aromatic nitrogens is 2. The van der Waals surface area contributed by atoms with Crippen LogP contribution in [-0.4, -0.2) is 20.6 Å². The van der Waals surface area contributed by atoms with Crippen LogP contribution in [0, 0.1) is 0 Å². The number of aromatic carboxylic acids is 1. The standard InChI is InChI=1S/C16H14N2O2/c19-16(20)14-3-4-15-13(10-14)6-9-18(15)8-5-12-2-1-7-17-11-12/h1-4,6-7,9-11H,5,8H2,(H,19,20). The Hall–Kier alpha value is -2.62. The van der Waals surface area contributed by atoms with E-state index in [1.807, 2.05) is 30.6 Å². The van der Waals surface area contributed by atoms with E-state index in [2.05, 4.69) is 15.6 Å². The molecule has 0 unspecified atom stereocenters. The Labute approximate surface area is 116 Å². The predicted octanol–water partition coefficient (Wildman–Crippen LogP) is 2.98. The molecule has 1 N–H and O–H groups in total. The van der Waals surface area contributed by atoms with Crippen molar-refractivity contribution in [3.05, 3.63) is 66.1 Å². The second kappa shape index (κ2) is 5.17. The average Bonchev–Trinajstić information content (AvgIpc) is 2.88. The van der Waals surface area contributed by atoms with Gasteiger partial charge in [0.25, 0.3) is 0 Å². The van der Waals surface area contributed by atoms with Crippen molar-refractivity contribution >= 4 is 16.9 Å². The van der Waals surface area contributed by atoms with E-state index in [1.165, 1.54) is 5.56 Å². The van der Waals surface area contributed by atoms with Crippen LogP contribution >= 0.6 is 0 Å². The second-order valence-corrected chi connectivity index (χ2v) is 4.70. The Morgan fingerprint density at radius 1 is 1.25 bits per heavy atom. The first kappa shape index (κ1) is 12.4. The zero-order valence-electron chi connectivity index (χ0n) is 10.9. The number of hydrogen-bond donors (Lipinski definition) is 1. The van der Waals surface area contributed by atoms with Gasteiger partial charge < -0.3 is 9.67 Å². The quantitative estimate of drug-likeness (QED) is 0.789. The first-order valence-electron chi connectivity index (χ1n) is 6.45. The Kier molecular flexibility index (Phi) is 3.21. The van der Waals surface area contributed by atoms with E-state index in [-0.39, 0.29) is 0 Å². The number of aryl methyl sites for hydroxylation is 2. The summed E-state index contributed by atoms with van der Waals surface area (Å²) in [4.78, 5) is 15.1. The van der Waals surface area contributed by atoms with Gasteiger partial charge in [-0.1, -0.05) is 6.07 Å². The molecule has 3 rings (SSSR count). The fraction of sp³-hybridized carbons (Fsp3) is 0.125. The van der Waals surface area contributed by atoms with Gasteiger partial charge in [-0.3, -0.25) is 4.98 Å². The van der Waals surface area contributed by atoms with Crippen LogP contribution in [0.3, 0.4) is 0 Å². The number of carbonyl (C=O) groups is 1. The molecule has 0 spiro atoms. The molecule has 0 radical (unpaired) electrons. The Bertz CT molecular complexity index is 748. The largest absolute Gasteiger partial charge is 0.478 e. The fourth-order valence-corrected chi connectivity index (χ4v) is 2.32. The zero-order valence-corrected chi connectivity index (χ0v) is 10.9. The van der Waals surface area contributed by atoms with Crippen LogP contribution in [0.5, 0.6) is 0 Å². The lowest BCUT2D eigenvalue weighted by Gasteiger charge is -2.05. The topological polar surface area (TPSA) is 55.1 Å². The van der Waals surface area contributed by atoms with Crippen molar-refractivity contribution in [2.75, 3.05) is 0 Å². The van der Waals surface area contributed by atoms with E-state index >= 15 is 0 Å². The number of nitrogens with zero attached hydrogens (tertiary/aromatic N) is 2. The van der Waals surface area contributed by atoms with E-state index in [0.717, 1.165) is 23.9 Å². The Morgan fingerprint density at radius 2 is 2.15 bits per heavy atom. The third kappa shape index (κ3) is 2.40. The minimum absolute atomic E-state index is 0.322. The van der Waals surface area contributed by atoms with Gasteiger partial charge in [0.15, 0.2) is 0 Å². The number of carboxylic acid groups (broad SMARTS) is 1. The molecule has 0 atom stereocenters. The molecule has 2 heterocycles. The van der Waals surface area contributed by atoms with E-state index < -0.39 is 5.97 Å². The molecule has 0 saturated carbocycles. The first-order chi connectivity index (χ1) is 9.74. The highest BCUT2D eigenvalue weighted by atomic mass is 16.4. The minimum atomic E-state index is -0.894. The highest BCUT2D eigenvalue weighted by Crippen LogP contribution is 2.18. The van der Waals surface area contributed by atoms with Gasteiger partial charge >= 0.3 is 5.97 Å². The third-order valence-electron chi connectivity index (χ3n) is 3.38. The molecule has 100 valence electrons. The monoisotopic (exact) mass is 266 g/mol. The summed E-state index contributed by atoms with van der Waals surface area (Å²) in [6, 6.07) is 11.2. The number of pyridine rings is 1. The van der Waals surface area contributed by atoms with Gasteiger partial charge in [-0.15, -0.1) is 0 Å². The van der Waals surface area contributed by atoms with Crippen LogP contribution in [0.25, 0.3) is 10.9 Å². The van der Waals surface area contributed by atoms with E-state index in [4.69, 9.17) is 5.11 Å². The molecular formula is C16H14N2O2. The molecule has 0 saturated heterocycles. The molecule has 4 heteroatoms. The molecule has 3 aromatic rings. The van der Waals surface area contributed by atoms with Gasteiger partial charge in [-0.2, -0.15) is 0 Å². The van der Waals surface area contributed by atoms with Crippen molar-refractivity contribution in [1.82, 2.24) is 9.55 Å². The lowest BCUT2D eigenvalue weighted by molar-refractivity contribution is 0.0697. The van der Waals surface area contributed by atoms with Gasteiger partial charge in [0, 0.05) is 36.0 Å². The van der Waals surface area contributed by atoms with Crippen molar-refractivity contribution in [2.45, 2.75) is 13.0 Å². The highest BCUT2D eigenvalue weighted by molar-refractivity contribution is 5.93.